The van der Waals surface area contributed by atoms with Crippen molar-refractivity contribution in [2.24, 2.45) is 34.8 Å². The average Bonchev–Trinajstić information content (AvgIpc) is 3.44. The lowest BCUT2D eigenvalue weighted by molar-refractivity contribution is -0.135. The molecular weight excluding hydrogens is 504 g/mol. The largest absolute Gasteiger partial charge is 0.427 e. The van der Waals surface area contributed by atoms with Gasteiger partial charge in [0.1, 0.15) is 11.5 Å². The van der Waals surface area contributed by atoms with Crippen molar-refractivity contribution in [1.82, 2.24) is 5.32 Å². The third-order valence-corrected chi connectivity index (χ3v) is 10.0. The van der Waals surface area contributed by atoms with Gasteiger partial charge >= 0.3 is 11.9 Å². The first-order valence-corrected chi connectivity index (χ1v) is 15.3. The summed E-state index contributed by atoms with van der Waals surface area (Å²) in [6.45, 7) is 4.98. The molecule has 2 fully saturated rings. The predicted molar refractivity (Wildman–Crippen MR) is 152 cm³/mol. The number of nitrogens with two attached hydrogens (primary N) is 1. The molecular formula is C33H42N2O5. The maximum absolute atomic E-state index is 14.0. The number of unbranched alkanes of at least 4 members (excludes halogenated alkanes) is 2. The van der Waals surface area contributed by atoms with Crippen LogP contribution in [0.2, 0.25) is 0 Å². The summed E-state index contributed by atoms with van der Waals surface area (Å²) >= 11 is 0. The van der Waals surface area contributed by atoms with E-state index in [1.54, 1.807) is 0 Å². The van der Waals surface area contributed by atoms with Crippen molar-refractivity contribution in [3.05, 3.63) is 69.5 Å². The van der Waals surface area contributed by atoms with Gasteiger partial charge in [0, 0.05) is 36.1 Å². The number of allylic oxidation sites excluding steroid dienone is 7. The highest BCUT2D eigenvalue weighted by Gasteiger charge is 2.68. The molecule has 1 saturated carbocycles. The van der Waals surface area contributed by atoms with Gasteiger partial charge in [0.2, 0.25) is 0 Å². The minimum absolute atomic E-state index is 0.0302. The summed E-state index contributed by atoms with van der Waals surface area (Å²) in [4.78, 5) is 27.6. The summed E-state index contributed by atoms with van der Waals surface area (Å²) in [7, 11) is 0. The summed E-state index contributed by atoms with van der Waals surface area (Å²) in [5.41, 5.74) is 10.4. The second-order valence-corrected chi connectivity index (χ2v) is 12.1. The Bertz CT molecular complexity index is 1300. The van der Waals surface area contributed by atoms with Crippen LogP contribution in [0.3, 0.4) is 0 Å². The van der Waals surface area contributed by atoms with Gasteiger partial charge < -0.3 is 25.6 Å². The van der Waals surface area contributed by atoms with Crippen molar-refractivity contribution < 1.29 is 24.2 Å². The van der Waals surface area contributed by atoms with E-state index < -0.39 is 5.41 Å². The summed E-state index contributed by atoms with van der Waals surface area (Å²) in [6.07, 6.45) is 16.8. The fraction of sp³-hybridized carbons (Fsp3) is 0.576. The summed E-state index contributed by atoms with van der Waals surface area (Å²) < 4.78 is 12.1. The van der Waals surface area contributed by atoms with Crippen molar-refractivity contribution in [2.45, 2.75) is 78.1 Å². The van der Waals surface area contributed by atoms with Crippen molar-refractivity contribution in [3.8, 4) is 0 Å². The van der Waals surface area contributed by atoms with Crippen LogP contribution < -0.4 is 11.1 Å². The first-order valence-electron chi connectivity index (χ1n) is 15.3. The zero-order chi connectivity index (χ0) is 28.0. The topological polar surface area (TPSA) is 111 Å². The lowest BCUT2D eigenvalue weighted by atomic mass is 9.43. The lowest BCUT2D eigenvalue weighted by Gasteiger charge is -2.57. The van der Waals surface area contributed by atoms with Crippen LogP contribution in [0.25, 0.3) is 0 Å². The van der Waals surface area contributed by atoms with Gasteiger partial charge in [-0.3, -0.25) is 0 Å². The zero-order valence-corrected chi connectivity index (χ0v) is 23.8. The molecule has 1 saturated heterocycles. The van der Waals surface area contributed by atoms with Crippen molar-refractivity contribution in [2.75, 3.05) is 13.2 Å². The Balaban J connectivity index is 1.57. The zero-order valence-electron chi connectivity index (χ0n) is 23.8. The standard InChI is InChI=1S/C33H42N2O5/c1-3-5-9-24-23-12-11-22-21-13-15-33(29(22)28(23)31(37)39-24)25(10-6-4-2)40-32(38)30(33)27(21)20(8-7-17-36)19-14-16-35-26(34)18-19/h9-10,14,18,20-22,29,35-36H,3-8,11-13,15-17,34H2,1-2H3. The number of aliphatic hydroxyl groups excluding tert-OH is 1. The van der Waals surface area contributed by atoms with Gasteiger partial charge in [-0.1, -0.05) is 32.8 Å². The van der Waals surface area contributed by atoms with Gasteiger partial charge in [0.05, 0.1) is 16.8 Å². The second-order valence-electron chi connectivity index (χ2n) is 12.1. The van der Waals surface area contributed by atoms with Crippen molar-refractivity contribution >= 4 is 11.9 Å². The third-order valence-electron chi connectivity index (χ3n) is 10.0. The monoisotopic (exact) mass is 546 g/mol. The number of esters is 2. The molecule has 7 rings (SSSR count). The molecule has 40 heavy (non-hydrogen) atoms. The normalized spacial score (nSPS) is 33.3. The molecule has 4 N–H and O–H groups in total. The number of nitrogens with one attached hydrogen (secondary N) is 1. The number of ether oxygens (including phenoxy) is 2. The second kappa shape index (κ2) is 10.7. The SMILES string of the molecule is CCCC=C1OC(=O)C2=C1CCC1C3CCC4(C(=CCCC)OC(=O)C4=C3C(CCCO)C3=CCNC(N)=C3)C21. The van der Waals surface area contributed by atoms with Crippen LogP contribution in [0.15, 0.2) is 69.5 Å². The molecule has 214 valence electrons. The number of rotatable bonds is 9. The average molecular weight is 547 g/mol. The Morgan fingerprint density at radius 3 is 2.70 bits per heavy atom. The molecule has 7 heteroatoms. The number of hydrogen-bond donors (Lipinski definition) is 3. The van der Waals surface area contributed by atoms with Gasteiger partial charge in [-0.25, -0.2) is 9.59 Å². The smallest absolute Gasteiger partial charge is 0.340 e. The number of carbonyl (C=O) groups is 2. The van der Waals surface area contributed by atoms with E-state index in [1.807, 2.05) is 6.08 Å². The summed E-state index contributed by atoms with van der Waals surface area (Å²) in [5.74, 6) is 1.83. The van der Waals surface area contributed by atoms with E-state index in [0.29, 0.717) is 18.8 Å². The van der Waals surface area contributed by atoms with Gasteiger partial charge in [-0.2, -0.15) is 0 Å². The number of dihydropyridines is 1. The Morgan fingerprint density at radius 2 is 1.95 bits per heavy atom. The molecule has 7 nitrogen and oxygen atoms in total. The number of fused-ring (bicyclic) bond motifs is 1. The number of hydrogen-bond acceptors (Lipinski definition) is 7. The van der Waals surface area contributed by atoms with Crippen LogP contribution in [-0.2, 0) is 19.1 Å². The molecule has 4 aliphatic carbocycles. The van der Waals surface area contributed by atoms with E-state index in [4.69, 9.17) is 15.2 Å². The minimum Gasteiger partial charge on any atom is -0.427 e. The molecule has 5 unspecified atom stereocenters. The molecule has 3 heterocycles. The van der Waals surface area contributed by atoms with E-state index in [2.05, 4.69) is 37.4 Å². The Kier molecular flexibility index (Phi) is 7.28. The molecule has 0 radical (unpaired) electrons. The Labute approximate surface area is 236 Å². The molecule has 0 aromatic carbocycles. The van der Waals surface area contributed by atoms with Crippen LogP contribution in [0.5, 0.6) is 0 Å². The summed E-state index contributed by atoms with van der Waals surface area (Å²) in [5, 5.41) is 13.0. The fourth-order valence-electron chi connectivity index (χ4n) is 8.57. The van der Waals surface area contributed by atoms with E-state index in [0.717, 1.165) is 91.6 Å². The molecule has 1 spiro atoms. The first kappa shape index (κ1) is 27.1. The molecule has 0 aromatic heterocycles. The quantitative estimate of drug-likeness (QED) is 0.340. The fourth-order valence-corrected chi connectivity index (χ4v) is 8.57. The van der Waals surface area contributed by atoms with Crippen LogP contribution >= 0.6 is 0 Å². The van der Waals surface area contributed by atoms with Crippen LogP contribution in [-0.4, -0.2) is 30.2 Å². The highest BCUT2D eigenvalue weighted by Crippen LogP contribution is 2.71. The maximum Gasteiger partial charge on any atom is 0.340 e. The van der Waals surface area contributed by atoms with Gasteiger partial charge in [-0.15, -0.1) is 0 Å². The lowest BCUT2D eigenvalue weighted by Crippen LogP contribution is -2.53. The van der Waals surface area contributed by atoms with E-state index in [1.165, 1.54) is 5.57 Å². The molecule has 2 bridgehead atoms. The summed E-state index contributed by atoms with van der Waals surface area (Å²) in [6, 6.07) is 0. The van der Waals surface area contributed by atoms with E-state index in [-0.39, 0.29) is 42.2 Å². The molecule has 0 amide bonds. The predicted octanol–water partition coefficient (Wildman–Crippen LogP) is 5.22. The van der Waals surface area contributed by atoms with Crippen molar-refractivity contribution in [1.29, 1.82) is 0 Å². The molecule has 3 aliphatic heterocycles. The first-order chi connectivity index (χ1) is 19.5. The minimum atomic E-state index is -0.651. The maximum atomic E-state index is 14.0. The highest BCUT2D eigenvalue weighted by atomic mass is 16.5. The van der Waals surface area contributed by atoms with Gasteiger partial charge in [-0.05, 0) is 92.6 Å². The van der Waals surface area contributed by atoms with Crippen LogP contribution in [0, 0.1) is 29.1 Å². The number of carbonyl (C=O) groups excluding carboxylic acids is 2. The van der Waals surface area contributed by atoms with Crippen molar-refractivity contribution in [3.63, 3.8) is 0 Å². The third kappa shape index (κ3) is 4.03. The number of aliphatic hydroxyl groups is 1. The number of cyclic esters (lactones) is 2. The van der Waals surface area contributed by atoms with Gasteiger partial charge in [0.25, 0.3) is 0 Å². The van der Waals surface area contributed by atoms with Gasteiger partial charge in [0.15, 0.2) is 0 Å². The van der Waals surface area contributed by atoms with E-state index >= 15 is 0 Å². The Morgan fingerprint density at radius 1 is 1.15 bits per heavy atom. The Hall–Kier alpha value is -3.06. The highest BCUT2D eigenvalue weighted by molar-refractivity contribution is 6.00. The van der Waals surface area contributed by atoms with Crippen LogP contribution in [0.1, 0.15) is 78.1 Å². The van der Waals surface area contributed by atoms with Crippen LogP contribution in [0.4, 0.5) is 0 Å². The molecule has 5 atom stereocenters. The molecule has 7 aliphatic rings. The molecule has 0 aromatic rings. The van der Waals surface area contributed by atoms with E-state index in [9.17, 15) is 14.7 Å².